The summed E-state index contributed by atoms with van der Waals surface area (Å²) in [6.45, 7) is 3.59. The molecule has 0 radical (unpaired) electrons. The summed E-state index contributed by atoms with van der Waals surface area (Å²) in [4.78, 5) is 20.0. The number of aromatic nitrogens is 3. The molecule has 2 aliphatic rings. The molecule has 31 heavy (non-hydrogen) atoms. The highest BCUT2D eigenvalue weighted by atomic mass is 32.1. The number of amides is 1. The average molecular weight is 442 g/mol. The zero-order valence-corrected chi connectivity index (χ0v) is 18.6. The number of anilines is 1. The third kappa shape index (κ3) is 4.18. The van der Waals surface area contributed by atoms with Crippen LogP contribution in [-0.2, 0) is 4.79 Å². The Kier molecular flexibility index (Phi) is 5.65. The predicted octanol–water partition coefficient (Wildman–Crippen LogP) is 4.59. The van der Waals surface area contributed by atoms with Crippen LogP contribution >= 0.6 is 11.3 Å². The fraction of sp³-hybridized carbons (Fsp3) is 0.522. The molecular weight excluding hydrogens is 413 g/mol. The van der Waals surface area contributed by atoms with Crippen molar-refractivity contribution in [2.75, 3.05) is 18.0 Å². The van der Waals surface area contributed by atoms with Gasteiger partial charge in [0.15, 0.2) is 10.8 Å². The maximum Gasteiger partial charge on any atom is 0.225 e. The van der Waals surface area contributed by atoms with Gasteiger partial charge in [-0.1, -0.05) is 30.6 Å². The van der Waals surface area contributed by atoms with Crippen molar-refractivity contribution >= 4 is 32.7 Å². The molecular formula is C23H28FN5OS. The molecule has 1 N–H and O–H groups in total. The van der Waals surface area contributed by atoms with E-state index in [2.05, 4.69) is 15.3 Å². The highest BCUT2D eigenvalue weighted by molar-refractivity contribution is 7.22. The van der Waals surface area contributed by atoms with Crippen LogP contribution in [0.4, 0.5) is 9.52 Å². The number of fused-ring (bicyclic) bond motifs is 1. The van der Waals surface area contributed by atoms with E-state index < -0.39 is 0 Å². The van der Waals surface area contributed by atoms with Gasteiger partial charge in [-0.25, -0.2) is 9.07 Å². The zero-order chi connectivity index (χ0) is 21.4. The van der Waals surface area contributed by atoms with Gasteiger partial charge in [0, 0.05) is 19.1 Å². The Labute approximate surface area is 185 Å². The molecule has 1 aliphatic carbocycles. The highest BCUT2D eigenvalue weighted by Crippen LogP contribution is 2.34. The van der Waals surface area contributed by atoms with Crippen molar-refractivity contribution in [3.63, 3.8) is 0 Å². The molecule has 164 valence electrons. The zero-order valence-electron chi connectivity index (χ0n) is 17.8. The summed E-state index contributed by atoms with van der Waals surface area (Å²) >= 11 is 1.62. The molecule has 3 heterocycles. The second-order valence-corrected chi connectivity index (χ2v) is 9.73. The minimum absolute atomic E-state index is 0.0115. The summed E-state index contributed by atoms with van der Waals surface area (Å²) in [5, 5.41) is 8.83. The van der Waals surface area contributed by atoms with Gasteiger partial charge < -0.3 is 10.2 Å². The van der Waals surface area contributed by atoms with Crippen molar-refractivity contribution in [1.82, 2.24) is 20.1 Å². The predicted molar refractivity (Wildman–Crippen MR) is 121 cm³/mol. The SMILES string of the molecule is Cc1nn(-c2ccc(F)cc2)c2nc(N3CCC[C@H](C(=O)NC4CCCCC4)C3)sc12. The first-order valence-electron chi connectivity index (χ1n) is 11.3. The van der Waals surface area contributed by atoms with Crippen molar-refractivity contribution in [3.05, 3.63) is 35.8 Å². The molecule has 5 rings (SSSR count). The summed E-state index contributed by atoms with van der Waals surface area (Å²) in [5.74, 6) is -0.0579. The molecule has 1 saturated carbocycles. The van der Waals surface area contributed by atoms with E-state index in [4.69, 9.17) is 4.98 Å². The van der Waals surface area contributed by atoms with Crippen LogP contribution in [0.3, 0.4) is 0 Å². The minimum Gasteiger partial charge on any atom is -0.353 e. The summed E-state index contributed by atoms with van der Waals surface area (Å²) in [6, 6.07) is 6.65. The number of halogens is 1. The number of thiazole rings is 1. The van der Waals surface area contributed by atoms with Crippen LogP contribution in [0.15, 0.2) is 24.3 Å². The molecule has 0 bridgehead atoms. The first-order valence-corrected chi connectivity index (χ1v) is 12.1. The van der Waals surface area contributed by atoms with Crippen LogP contribution in [0.1, 0.15) is 50.6 Å². The number of rotatable bonds is 4. The summed E-state index contributed by atoms with van der Waals surface area (Å²) < 4.78 is 16.2. The monoisotopic (exact) mass is 441 g/mol. The van der Waals surface area contributed by atoms with Crippen LogP contribution in [0, 0.1) is 18.7 Å². The van der Waals surface area contributed by atoms with Gasteiger partial charge in [0.1, 0.15) is 5.82 Å². The highest BCUT2D eigenvalue weighted by Gasteiger charge is 2.29. The second-order valence-electron chi connectivity index (χ2n) is 8.75. The lowest BCUT2D eigenvalue weighted by Gasteiger charge is -2.33. The Morgan fingerprint density at radius 3 is 2.68 bits per heavy atom. The molecule has 1 aromatic carbocycles. The molecule has 8 heteroatoms. The van der Waals surface area contributed by atoms with Crippen molar-refractivity contribution < 1.29 is 9.18 Å². The molecule has 2 fully saturated rings. The Bertz CT molecular complexity index is 1070. The molecule has 6 nitrogen and oxygen atoms in total. The molecule has 1 atom stereocenters. The Morgan fingerprint density at radius 1 is 1.13 bits per heavy atom. The van der Waals surface area contributed by atoms with Gasteiger partial charge in [-0.05, 0) is 56.9 Å². The van der Waals surface area contributed by atoms with E-state index in [0.29, 0.717) is 12.6 Å². The minimum atomic E-state index is -0.270. The standard InChI is InChI=1S/C23H28FN5OS/c1-15-20-21(29(27-15)19-11-9-17(24)10-12-19)26-23(31-20)28-13-5-6-16(14-28)22(30)25-18-7-3-2-4-8-18/h9-12,16,18H,2-8,13-14H2,1H3,(H,25,30)/t16-/m0/s1. The van der Waals surface area contributed by atoms with Crippen molar-refractivity contribution in [2.45, 2.75) is 57.9 Å². The van der Waals surface area contributed by atoms with Gasteiger partial charge in [-0.15, -0.1) is 0 Å². The van der Waals surface area contributed by atoms with E-state index in [0.717, 1.165) is 59.1 Å². The lowest BCUT2D eigenvalue weighted by molar-refractivity contribution is -0.126. The smallest absolute Gasteiger partial charge is 0.225 e. The molecule has 1 amide bonds. The maximum absolute atomic E-state index is 13.3. The number of aryl methyl sites for hydroxylation is 1. The van der Waals surface area contributed by atoms with Crippen LogP contribution < -0.4 is 10.2 Å². The number of piperidine rings is 1. The molecule has 2 aromatic heterocycles. The summed E-state index contributed by atoms with van der Waals surface area (Å²) in [6.07, 6.45) is 7.87. The van der Waals surface area contributed by atoms with Gasteiger partial charge in [0.25, 0.3) is 0 Å². The molecule has 0 spiro atoms. The van der Waals surface area contributed by atoms with E-state index in [1.807, 2.05) is 6.92 Å². The fourth-order valence-electron chi connectivity index (χ4n) is 4.75. The number of hydrogen-bond acceptors (Lipinski definition) is 5. The van der Waals surface area contributed by atoms with E-state index in [1.165, 1.54) is 31.4 Å². The number of nitrogens with one attached hydrogen (secondary N) is 1. The lowest BCUT2D eigenvalue weighted by Crippen LogP contribution is -2.46. The quantitative estimate of drug-likeness (QED) is 0.643. The number of carbonyl (C=O) groups is 1. The van der Waals surface area contributed by atoms with E-state index in [9.17, 15) is 9.18 Å². The van der Waals surface area contributed by atoms with Crippen molar-refractivity contribution in [2.24, 2.45) is 5.92 Å². The number of nitrogens with zero attached hydrogens (tertiary/aromatic N) is 4. The second kappa shape index (κ2) is 8.57. The third-order valence-corrected chi connectivity index (χ3v) is 7.68. The molecule has 1 saturated heterocycles. The van der Waals surface area contributed by atoms with E-state index >= 15 is 0 Å². The van der Waals surface area contributed by atoms with Crippen molar-refractivity contribution in [3.8, 4) is 5.69 Å². The van der Waals surface area contributed by atoms with Crippen molar-refractivity contribution in [1.29, 1.82) is 0 Å². The molecule has 0 unspecified atom stereocenters. The first-order chi connectivity index (χ1) is 15.1. The third-order valence-electron chi connectivity index (χ3n) is 6.46. The normalized spacial score (nSPS) is 20.3. The first kappa shape index (κ1) is 20.4. The van der Waals surface area contributed by atoms with Gasteiger partial charge in [-0.2, -0.15) is 10.1 Å². The van der Waals surface area contributed by atoms with Gasteiger partial charge in [0.05, 0.1) is 22.0 Å². The van der Waals surface area contributed by atoms with E-state index in [1.54, 1.807) is 28.2 Å². The number of hydrogen-bond donors (Lipinski definition) is 1. The Morgan fingerprint density at radius 2 is 1.90 bits per heavy atom. The largest absolute Gasteiger partial charge is 0.353 e. The number of benzene rings is 1. The number of carbonyl (C=O) groups excluding carboxylic acids is 1. The van der Waals surface area contributed by atoms with Gasteiger partial charge >= 0.3 is 0 Å². The Hall–Kier alpha value is -2.48. The Balaban J connectivity index is 1.34. The van der Waals surface area contributed by atoms with Crippen LogP contribution in [-0.4, -0.2) is 39.8 Å². The van der Waals surface area contributed by atoms with Crippen LogP contribution in [0.25, 0.3) is 16.0 Å². The molecule has 1 aliphatic heterocycles. The van der Waals surface area contributed by atoms with E-state index in [-0.39, 0.29) is 17.6 Å². The van der Waals surface area contributed by atoms with Crippen LogP contribution in [0.2, 0.25) is 0 Å². The topological polar surface area (TPSA) is 63.1 Å². The van der Waals surface area contributed by atoms with Gasteiger partial charge in [0.2, 0.25) is 5.91 Å². The summed E-state index contributed by atoms with van der Waals surface area (Å²) in [7, 11) is 0. The average Bonchev–Trinajstić information content (AvgIpc) is 3.36. The summed E-state index contributed by atoms with van der Waals surface area (Å²) in [5.41, 5.74) is 2.49. The lowest BCUT2D eigenvalue weighted by atomic mass is 9.93. The maximum atomic E-state index is 13.3. The van der Waals surface area contributed by atoms with Gasteiger partial charge in [-0.3, -0.25) is 4.79 Å². The fourth-order valence-corrected chi connectivity index (χ4v) is 5.77. The molecule has 3 aromatic rings. The van der Waals surface area contributed by atoms with Crippen LogP contribution in [0.5, 0.6) is 0 Å².